The maximum atomic E-state index is 12.8. The molecule has 1 aliphatic carbocycles. The summed E-state index contributed by atoms with van der Waals surface area (Å²) in [4.78, 5) is 14.1. The van der Waals surface area contributed by atoms with E-state index in [0.717, 1.165) is 41.2 Å². The number of furan rings is 1. The van der Waals surface area contributed by atoms with Crippen LogP contribution >= 0.6 is 22.9 Å². The maximum Gasteiger partial charge on any atom is 0.256 e. The Kier molecular flexibility index (Phi) is 4.02. The molecular weight excluding hydrogens is 380 g/mol. The lowest BCUT2D eigenvalue weighted by Gasteiger charge is -2.25. The summed E-state index contributed by atoms with van der Waals surface area (Å²) in [5.74, 6) is 2.08. The summed E-state index contributed by atoms with van der Waals surface area (Å²) in [6, 6.07) is 11.3. The maximum absolute atomic E-state index is 12.8. The molecule has 0 unspecified atom stereocenters. The zero-order valence-electron chi connectivity index (χ0n) is 14.8. The smallest absolute Gasteiger partial charge is 0.256 e. The van der Waals surface area contributed by atoms with Gasteiger partial charge in [-0.1, -0.05) is 30.7 Å². The normalized spacial score (nSPS) is 21.2. The van der Waals surface area contributed by atoms with Gasteiger partial charge in [0.05, 0.1) is 5.56 Å². The topological polar surface area (TPSA) is 54.3 Å². The van der Waals surface area contributed by atoms with Gasteiger partial charge in [-0.15, -0.1) is 11.3 Å². The summed E-state index contributed by atoms with van der Waals surface area (Å²) in [7, 11) is 0. The number of rotatable bonds is 2. The summed E-state index contributed by atoms with van der Waals surface area (Å²) in [6.07, 6.45) is 2.83. The summed E-state index contributed by atoms with van der Waals surface area (Å²) in [6.45, 7) is 2.28. The monoisotopic (exact) mass is 398 g/mol. The second-order valence-electron chi connectivity index (χ2n) is 7.32. The van der Waals surface area contributed by atoms with Crippen LogP contribution in [0.5, 0.6) is 0 Å². The van der Waals surface area contributed by atoms with Crippen molar-refractivity contribution in [2.24, 2.45) is 5.92 Å². The zero-order valence-corrected chi connectivity index (χ0v) is 16.4. The molecular formula is C21H19ClN2O2S. The van der Waals surface area contributed by atoms with E-state index in [1.54, 1.807) is 11.3 Å². The Balaban J connectivity index is 1.45. The van der Waals surface area contributed by atoms with Crippen molar-refractivity contribution < 1.29 is 9.21 Å². The van der Waals surface area contributed by atoms with E-state index in [9.17, 15) is 4.79 Å². The first-order chi connectivity index (χ1) is 13.1. The molecule has 0 radical (unpaired) electrons. The van der Waals surface area contributed by atoms with Crippen LogP contribution < -0.4 is 10.6 Å². The average molecular weight is 399 g/mol. The molecule has 3 aromatic rings. The number of hydrogen-bond donors (Lipinski definition) is 2. The molecule has 0 saturated carbocycles. The fourth-order valence-electron chi connectivity index (χ4n) is 3.91. The third-order valence-electron chi connectivity index (χ3n) is 5.31. The van der Waals surface area contributed by atoms with Gasteiger partial charge in [0.25, 0.3) is 5.91 Å². The number of thiophene rings is 1. The van der Waals surface area contributed by atoms with Crippen LogP contribution in [0, 0.1) is 5.92 Å². The van der Waals surface area contributed by atoms with Gasteiger partial charge in [0, 0.05) is 15.5 Å². The average Bonchev–Trinajstić information content (AvgIpc) is 3.26. The van der Waals surface area contributed by atoms with Crippen LogP contribution in [-0.2, 0) is 12.8 Å². The van der Waals surface area contributed by atoms with Crippen LogP contribution in [0.25, 0.3) is 11.3 Å². The molecule has 1 aromatic carbocycles. The van der Waals surface area contributed by atoms with E-state index in [2.05, 4.69) is 17.6 Å². The third-order valence-corrected chi connectivity index (χ3v) is 6.73. The van der Waals surface area contributed by atoms with Gasteiger partial charge in [0.15, 0.2) is 6.17 Å². The van der Waals surface area contributed by atoms with Crippen LogP contribution in [0.15, 0.2) is 40.8 Å². The fourth-order valence-corrected chi connectivity index (χ4v) is 5.54. The van der Waals surface area contributed by atoms with Crippen molar-refractivity contribution in [1.29, 1.82) is 0 Å². The molecule has 1 amide bonds. The van der Waals surface area contributed by atoms with Crippen molar-refractivity contribution in [3.05, 3.63) is 63.2 Å². The molecule has 5 rings (SSSR count). The summed E-state index contributed by atoms with van der Waals surface area (Å²) < 4.78 is 6.02. The van der Waals surface area contributed by atoms with Crippen LogP contribution in [-0.4, -0.2) is 5.91 Å². The molecule has 0 bridgehead atoms. The van der Waals surface area contributed by atoms with Crippen molar-refractivity contribution in [2.75, 3.05) is 5.32 Å². The van der Waals surface area contributed by atoms with Crippen LogP contribution in [0.3, 0.4) is 0 Å². The van der Waals surface area contributed by atoms with Crippen molar-refractivity contribution in [2.45, 2.75) is 32.4 Å². The minimum atomic E-state index is -0.365. The van der Waals surface area contributed by atoms with E-state index in [1.807, 2.05) is 36.4 Å². The first kappa shape index (κ1) is 16.9. The minimum absolute atomic E-state index is 0.0125. The van der Waals surface area contributed by atoms with Gasteiger partial charge < -0.3 is 15.1 Å². The Morgan fingerprint density at radius 3 is 2.96 bits per heavy atom. The first-order valence-electron chi connectivity index (χ1n) is 9.16. The minimum Gasteiger partial charge on any atom is -0.457 e. The quantitative estimate of drug-likeness (QED) is 0.587. The van der Waals surface area contributed by atoms with Gasteiger partial charge in [-0.25, -0.2) is 0 Å². The molecule has 138 valence electrons. The third kappa shape index (κ3) is 2.95. The van der Waals surface area contributed by atoms with Crippen molar-refractivity contribution in [3.63, 3.8) is 0 Å². The van der Waals surface area contributed by atoms with E-state index in [1.165, 1.54) is 10.4 Å². The molecule has 2 aliphatic rings. The highest BCUT2D eigenvalue weighted by atomic mass is 35.5. The number of benzene rings is 1. The lowest BCUT2D eigenvalue weighted by Crippen LogP contribution is -2.38. The molecule has 4 nitrogen and oxygen atoms in total. The van der Waals surface area contributed by atoms with Gasteiger partial charge >= 0.3 is 0 Å². The Morgan fingerprint density at radius 1 is 1.22 bits per heavy atom. The molecule has 0 fully saturated rings. The van der Waals surface area contributed by atoms with E-state index in [-0.39, 0.29) is 12.1 Å². The number of amides is 1. The van der Waals surface area contributed by atoms with E-state index < -0.39 is 0 Å². The molecule has 3 heterocycles. The number of fused-ring (bicyclic) bond motifs is 3. The van der Waals surface area contributed by atoms with Crippen molar-refractivity contribution >= 4 is 33.8 Å². The van der Waals surface area contributed by atoms with Gasteiger partial charge in [-0.2, -0.15) is 0 Å². The Bertz CT molecular complexity index is 1040. The predicted molar refractivity (Wildman–Crippen MR) is 108 cm³/mol. The van der Waals surface area contributed by atoms with Crippen LogP contribution in [0.4, 0.5) is 5.00 Å². The first-order valence-corrected chi connectivity index (χ1v) is 10.4. The number of nitrogens with one attached hydrogen (secondary N) is 2. The number of carbonyl (C=O) groups is 1. The summed E-state index contributed by atoms with van der Waals surface area (Å²) in [5.41, 5.74) is 2.98. The van der Waals surface area contributed by atoms with E-state index in [0.29, 0.717) is 16.7 Å². The highest BCUT2D eigenvalue weighted by Gasteiger charge is 2.34. The van der Waals surface area contributed by atoms with Gasteiger partial charge in [-0.05, 0) is 55.0 Å². The molecule has 2 N–H and O–H groups in total. The number of halogens is 1. The summed E-state index contributed by atoms with van der Waals surface area (Å²) in [5, 5.41) is 8.13. The predicted octanol–water partition coefficient (Wildman–Crippen LogP) is 5.64. The lowest BCUT2D eigenvalue weighted by molar-refractivity contribution is 0.0930. The van der Waals surface area contributed by atoms with Crippen LogP contribution in [0.1, 0.15) is 46.1 Å². The fraction of sp³-hybridized carbons (Fsp3) is 0.286. The molecule has 2 atom stereocenters. The molecule has 1 aliphatic heterocycles. The summed E-state index contributed by atoms with van der Waals surface area (Å²) >= 11 is 7.79. The highest BCUT2D eigenvalue weighted by Crippen LogP contribution is 2.42. The molecule has 0 saturated heterocycles. The standard InChI is InChI=1S/C21H19ClN2O2S/c1-11-5-6-14-17(9-11)27-21-18(14)20(25)23-19(24-21)16-8-7-15(26-16)12-3-2-4-13(22)10-12/h2-4,7-8,10-11,19,24H,5-6,9H2,1H3,(H,23,25)/t11-,19+/m1/s1. The Hall–Kier alpha value is -2.24. The molecule has 2 aromatic heterocycles. The van der Waals surface area contributed by atoms with E-state index >= 15 is 0 Å². The number of carbonyl (C=O) groups excluding carboxylic acids is 1. The van der Waals surface area contributed by atoms with Gasteiger partial charge in [0.2, 0.25) is 0 Å². The zero-order chi connectivity index (χ0) is 18.5. The van der Waals surface area contributed by atoms with Crippen molar-refractivity contribution in [3.8, 4) is 11.3 Å². The molecule has 6 heteroatoms. The highest BCUT2D eigenvalue weighted by molar-refractivity contribution is 7.16. The van der Waals surface area contributed by atoms with Gasteiger partial charge in [-0.3, -0.25) is 4.79 Å². The molecule has 27 heavy (non-hydrogen) atoms. The molecule has 0 spiro atoms. The van der Waals surface area contributed by atoms with Crippen molar-refractivity contribution in [1.82, 2.24) is 5.32 Å². The van der Waals surface area contributed by atoms with Crippen LogP contribution in [0.2, 0.25) is 5.02 Å². The number of hydrogen-bond acceptors (Lipinski definition) is 4. The van der Waals surface area contributed by atoms with Gasteiger partial charge in [0.1, 0.15) is 16.5 Å². The largest absolute Gasteiger partial charge is 0.457 e. The lowest BCUT2D eigenvalue weighted by atomic mass is 9.88. The SMILES string of the molecule is C[C@@H]1CCc2c(sc3c2C(=O)N[C@H](c2ccc(-c4cccc(Cl)c4)o2)N3)C1. The second-order valence-corrected chi connectivity index (χ2v) is 8.86. The Labute approximate surface area is 166 Å². The second kappa shape index (κ2) is 6.43. The Morgan fingerprint density at radius 2 is 2.11 bits per heavy atom. The number of anilines is 1. The van der Waals surface area contributed by atoms with E-state index in [4.69, 9.17) is 16.0 Å².